The van der Waals surface area contributed by atoms with Crippen LogP contribution >= 0.6 is 0 Å². The van der Waals surface area contributed by atoms with Crippen molar-refractivity contribution in [3.8, 4) is 0 Å². The second-order valence-corrected chi connectivity index (χ2v) is 6.00. The van der Waals surface area contributed by atoms with Crippen molar-refractivity contribution in [3.05, 3.63) is 18.0 Å². The SMILES string of the molecule is CCCS(=O)(=O)CCn1cc(C(C)=O)cn1. The van der Waals surface area contributed by atoms with Crippen LogP contribution in [0.25, 0.3) is 0 Å². The molecule has 1 heterocycles. The molecule has 0 amide bonds. The number of carbonyl (C=O) groups is 1. The summed E-state index contributed by atoms with van der Waals surface area (Å²) < 4.78 is 24.4. The van der Waals surface area contributed by atoms with Crippen molar-refractivity contribution in [2.45, 2.75) is 26.8 Å². The van der Waals surface area contributed by atoms with Gasteiger partial charge in [0.15, 0.2) is 15.6 Å². The van der Waals surface area contributed by atoms with Crippen LogP contribution in [0.2, 0.25) is 0 Å². The molecular formula is C10H16N2O3S. The Kier molecular flexibility index (Phi) is 4.23. The van der Waals surface area contributed by atoms with Gasteiger partial charge in [-0.1, -0.05) is 6.92 Å². The van der Waals surface area contributed by atoms with E-state index in [1.54, 1.807) is 6.20 Å². The van der Waals surface area contributed by atoms with Crippen molar-refractivity contribution < 1.29 is 13.2 Å². The zero-order valence-corrected chi connectivity index (χ0v) is 10.3. The first-order chi connectivity index (χ1) is 7.44. The molecule has 0 bridgehead atoms. The molecular weight excluding hydrogens is 228 g/mol. The van der Waals surface area contributed by atoms with E-state index in [2.05, 4.69) is 5.10 Å². The number of ketones is 1. The maximum atomic E-state index is 11.4. The molecule has 90 valence electrons. The van der Waals surface area contributed by atoms with Crippen LogP contribution in [0.3, 0.4) is 0 Å². The molecule has 0 spiro atoms. The summed E-state index contributed by atoms with van der Waals surface area (Å²) in [7, 11) is -2.99. The Bertz CT molecular complexity index is 462. The number of Topliss-reactive ketones (excluding diaryl/α,β-unsaturated/α-hetero) is 1. The Balaban J connectivity index is 2.58. The average Bonchev–Trinajstić information content (AvgIpc) is 2.63. The van der Waals surface area contributed by atoms with Crippen molar-refractivity contribution in [1.82, 2.24) is 9.78 Å². The highest BCUT2D eigenvalue weighted by atomic mass is 32.2. The third-order valence-corrected chi connectivity index (χ3v) is 4.02. The predicted octanol–water partition coefficient (Wildman–Crippen LogP) is 0.911. The van der Waals surface area contributed by atoms with Crippen LogP contribution in [0.1, 0.15) is 30.6 Å². The third-order valence-electron chi connectivity index (χ3n) is 2.19. The van der Waals surface area contributed by atoms with E-state index < -0.39 is 9.84 Å². The standard InChI is InChI=1S/C10H16N2O3S/c1-3-5-16(14,15)6-4-12-8-10(7-11-12)9(2)13/h7-8H,3-6H2,1-2H3. The van der Waals surface area contributed by atoms with E-state index in [9.17, 15) is 13.2 Å². The third kappa shape index (κ3) is 3.77. The van der Waals surface area contributed by atoms with Gasteiger partial charge in [0.2, 0.25) is 0 Å². The summed E-state index contributed by atoms with van der Waals surface area (Å²) in [5, 5.41) is 3.93. The van der Waals surface area contributed by atoms with Crippen molar-refractivity contribution in [2.24, 2.45) is 0 Å². The summed E-state index contributed by atoms with van der Waals surface area (Å²) in [5.74, 6) is 0.205. The molecule has 0 saturated heterocycles. The number of nitrogens with zero attached hydrogens (tertiary/aromatic N) is 2. The molecule has 0 radical (unpaired) electrons. The van der Waals surface area contributed by atoms with Gasteiger partial charge in [-0.15, -0.1) is 0 Å². The van der Waals surface area contributed by atoms with Crippen LogP contribution in [0.5, 0.6) is 0 Å². The largest absolute Gasteiger partial charge is 0.294 e. The number of sulfone groups is 1. The van der Waals surface area contributed by atoms with Crippen LogP contribution < -0.4 is 0 Å². The van der Waals surface area contributed by atoms with E-state index >= 15 is 0 Å². The zero-order chi connectivity index (χ0) is 12.2. The molecule has 6 heteroatoms. The van der Waals surface area contributed by atoms with Crippen LogP contribution in [0.15, 0.2) is 12.4 Å². The molecule has 16 heavy (non-hydrogen) atoms. The highest BCUT2D eigenvalue weighted by Gasteiger charge is 2.10. The molecule has 0 atom stereocenters. The highest BCUT2D eigenvalue weighted by Crippen LogP contribution is 2.00. The summed E-state index contributed by atoms with van der Waals surface area (Å²) >= 11 is 0. The van der Waals surface area contributed by atoms with Gasteiger partial charge in [-0.2, -0.15) is 5.10 Å². The molecule has 0 aromatic carbocycles. The second-order valence-electron chi connectivity index (χ2n) is 3.70. The first kappa shape index (κ1) is 12.9. The Morgan fingerprint density at radius 2 is 2.12 bits per heavy atom. The van der Waals surface area contributed by atoms with Crippen LogP contribution in [-0.2, 0) is 16.4 Å². The number of rotatable bonds is 6. The summed E-state index contributed by atoms with van der Waals surface area (Å²) in [6, 6.07) is 0. The molecule has 1 aromatic rings. The second kappa shape index (κ2) is 5.25. The fourth-order valence-electron chi connectivity index (χ4n) is 1.31. The molecule has 0 aliphatic rings. The topological polar surface area (TPSA) is 69.0 Å². The van der Waals surface area contributed by atoms with Gasteiger partial charge in [-0.05, 0) is 13.3 Å². The molecule has 5 nitrogen and oxygen atoms in total. The minimum absolute atomic E-state index is 0.0670. The minimum Gasteiger partial charge on any atom is -0.294 e. The maximum absolute atomic E-state index is 11.4. The van der Waals surface area contributed by atoms with E-state index in [0.717, 1.165) is 0 Å². The first-order valence-electron chi connectivity index (χ1n) is 5.18. The van der Waals surface area contributed by atoms with Gasteiger partial charge in [0.25, 0.3) is 0 Å². The van der Waals surface area contributed by atoms with Crippen LogP contribution in [-0.4, -0.2) is 35.5 Å². The summed E-state index contributed by atoms with van der Waals surface area (Å²) in [6.07, 6.45) is 3.65. The van der Waals surface area contributed by atoms with Gasteiger partial charge < -0.3 is 0 Å². The van der Waals surface area contributed by atoms with Crippen molar-refractivity contribution in [1.29, 1.82) is 0 Å². The molecule has 0 saturated carbocycles. The summed E-state index contributed by atoms with van der Waals surface area (Å²) in [6.45, 7) is 3.59. The number of hydrogen-bond acceptors (Lipinski definition) is 4. The van der Waals surface area contributed by atoms with Gasteiger partial charge in [-0.3, -0.25) is 9.48 Å². The van der Waals surface area contributed by atoms with Gasteiger partial charge >= 0.3 is 0 Å². The van der Waals surface area contributed by atoms with Crippen molar-refractivity contribution in [2.75, 3.05) is 11.5 Å². The zero-order valence-electron chi connectivity index (χ0n) is 9.51. The normalized spacial score (nSPS) is 11.6. The molecule has 0 aliphatic carbocycles. The fourth-order valence-corrected chi connectivity index (χ4v) is 2.60. The number of aryl methyl sites for hydroxylation is 1. The molecule has 0 fully saturated rings. The highest BCUT2D eigenvalue weighted by molar-refractivity contribution is 7.91. The van der Waals surface area contributed by atoms with Gasteiger partial charge in [-0.25, -0.2) is 8.42 Å². The Morgan fingerprint density at radius 1 is 1.44 bits per heavy atom. The van der Waals surface area contributed by atoms with E-state index in [1.165, 1.54) is 17.8 Å². The average molecular weight is 244 g/mol. The number of carbonyl (C=O) groups excluding carboxylic acids is 1. The van der Waals surface area contributed by atoms with Crippen molar-refractivity contribution >= 4 is 15.6 Å². The van der Waals surface area contributed by atoms with Crippen LogP contribution in [0.4, 0.5) is 0 Å². The molecule has 1 rings (SSSR count). The Morgan fingerprint density at radius 3 is 2.62 bits per heavy atom. The number of hydrogen-bond donors (Lipinski definition) is 0. The Labute approximate surface area is 95.4 Å². The van der Waals surface area contributed by atoms with E-state index in [0.29, 0.717) is 18.5 Å². The number of aromatic nitrogens is 2. The molecule has 1 aromatic heterocycles. The first-order valence-corrected chi connectivity index (χ1v) is 7.00. The van der Waals surface area contributed by atoms with Gasteiger partial charge in [0.1, 0.15) is 0 Å². The fraction of sp³-hybridized carbons (Fsp3) is 0.600. The predicted molar refractivity (Wildman–Crippen MR) is 61.2 cm³/mol. The maximum Gasteiger partial charge on any atom is 0.162 e. The lowest BCUT2D eigenvalue weighted by atomic mass is 10.3. The van der Waals surface area contributed by atoms with E-state index in [1.807, 2.05) is 6.92 Å². The van der Waals surface area contributed by atoms with Gasteiger partial charge in [0.05, 0.1) is 24.1 Å². The molecule has 0 unspecified atom stereocenters. The molecule has 0 aliphatic heterocycles. The minimum atomic E-state index is -2.99. The smallest absolute Gasteiger partial charge is 0.162 e. The summed E-state index contributed by atoms with van der Waals surface area (Å²) in [5.41, 5.74) is 0.507. The van der Waals surface area contributed by atoms with E-state index in [4.69, 9.17) is 0 Å². The van der Waals surface area contributed by atoms with Crippen molar-refractivity contribution in [3.63, 3.8) is 0 Å². The molecule has 0 N–H and O–H groups in total. The quantitative estimate of drug-likeness (QED) is 0.697. The van der Waals surface area contributed by atoms with Gasteiger partial charge in [0, 0.05) is 11.9 Å². The Hall–Kier alpha value is -1.17. The lowest BCUT2D eigenvalue weighted by Crippen LogP contribution is -2.16. The lowest BCUT2D eigenvalue weighted by molar-refractivity contribution is 0.101. The van der Waals surface area contributed by atoms with Crippen LogP contribution in [0, 0.1) is 0 Å². The summed E-state index contributed by atoms with van der Waals surface area (Å²) in [4.78, 5) is 11.0. The lowest BCUT2D eigenvalue weighted by Gasteiger charge is -2.02. The van der Waals surface area contributed by atoms with E-state index in [-0.39, 0.29) is 17.3 Å². The monoisotopic (exact) mass is 244 g/mol.